The summed E-state index contributed by atoms with van der Waals surface area (Å²) in [7, 11) is 0. The molecule has 1 aliphatic heterocycles. The van der Waals surface area contributed by atoms with E-state index < -0.39 is 28.9 Å². The molecule has 6 rings (SSSR count). The second kappa shape index (κ2) is 12.6. The van der Waals surface area contributed by atoms with E-state index in [2.05, 4.69) is 15.4 Å². The Morgan fingerprint density at radius 2 is 1.78 bits per heavy atom. The van der Waals surface area contributed by atoms with Crippen molar-refractivity contribution in [3.63, 3.8) is 0 Å². The minimum Gasteiger partial charge on any atom is -0.383 e. The largest absolute Gasteiger partial charge is 0.383 e. The minimum absolute atomic E-state index is 0.0687. The first-order valence-electron chi connectivity index (χ1n) is 14.5. The second-order valence-electron chi connectivity index (χ2n) is 11.3. The van der Waals surface area contributed by atoms with Crippen LogP contribution in [0, 0.1) is 17.6 Å². The highest BCUT2D eigenvalue weighted by Crippen LogP contribution is 2.44. The van der Waals surface area contributed by atoms with Crippen molar-refractivity contribution in [2.45, 2.75) is 37.7 Å². The predicted octanol–water partition coefficient (Wildman–Crippen LogP) is 6.82. The molecule has 2 atom stereocenters. The number of rotatable bonds is 9. The van der Waals surface area contributed by atoms with Crippen LogP contribution in [0.1, 0.15) is 41.3 Å². The molecule has 1 saturated heterocycles. The Balaban J connectivity index is 1.31. The SMILES string of the molecule is CC(CC1(c2ccc3cc(C(=O)Nc4ccc(Cl)cc4)ccc3c2)OCCCO1)[C@@](O)(Cn1cncn1)c1ccc(F)cc1F. The molecule has 45 heavy (non-hydrogen) atoms. The van der Waals surface area contributed by atoms with E-state index in [0.717, 1.165) is 22.9 Å². The second-order valence-corrected chi connectivity index (χ2v) is 11.7. The molecule has 2 N–H and O–H groups in total. The zero-order valence-corrected chi connectivity index (χ0v) is 25.2. The molecule has 1 aliphatic rings. The number of aromatic nitrogens is 3. The van der Waals surface area contributed by atoms with E-state index in [1.807, 2.05) is 24.3 Å². The first kappa shape index (κ1) is 30.8. The topological polar surface area (TPSA) is 98.5 Å². The molecule has 0 aliphatic carbocycles. The van der Waals surface area contributed by atoms with Crippen molar-refractivity contribution in [2.24, 2.45) is 5.92 Å². The number of fused-ring (bicyclic) bond motifs is 1. The van der Waals surface area contributed by atoms with Gasteiger partial charge in [-0.2, -0.15) is 5.10 Å². The van der Waals surface area contributed by atoms with Crippen LogP contribution in [0.5, 0.6) is 0 Å². The number of aliphatic hydroxyl groups is 1. The molecule has 0 bridgehead atoms. The number of carbonyl (C=O) groups excluding carboxylic acids is 1. The van der Waals surface area contributed by atoms with E-state index in [1.165, 1.54) is 23.4 Å². The van der Waals surface area contributed by atoms with Crippen LogP contribution in [-0.2, 0) is 27.4 Å². The van der Waals surface area contributed by atoms with Crippen LogP contribution in [0.3, 0.4) is 0 Å². The Morgan fingerprint density at radius 1 is 1.04 bits per heavy atom. The number of anilines is 1. The highest BCUT2D eigenvalue weighted by Gasteiger charge is 2.46. The first-order valence-corrected chi connectivity index (χ1v) is 14.9. The van der Waals surface area contributed by atoms with Crippen LogP contribution in [0.15, 0.2) is 91.5 Å². The Labute approximate surface area is 263 Å². The van der Waals surface area contributed by atoms with Gasteiger partial charge in [0, 0.05) is 39.9 Å². The van der Waals surface area contributed by atoms with Gasteiger partial charge in [0.05, 0.1) is 19.8 Å². The molecule has 1 aromatic heterocycles. The van der Waals surface area contributed by atoms with Crippen LogP contribution >= 0.6 is 11.6 Å². The lowest BCUT2D eigenvalue weighted by Crippen LogP contribution is -2.46. The molecule has 1 fully saturated rings. The van der Waals surface area contributed by atoms with Crippen LogP contribution < -0.4 is 5.32 Å². The summed E-state index contributed by atoms with van der Waals surface area (Å²) in [6.45, 7) is 2.47. The molecule has 1 unspecified atom stereocenters. The zero-order chi connectivity index (χ0) is 31.6. The van der Waals surface area contributed by atoms with Gasteiger partial charge in [-0.1, -0.05) is 42.8 Å². The summed E-state index contributed by atoms with van der Waals surface area (Å²) in [4.78, 5) is 16.9. The van der Waals surface area contributed by atoms with Crippen molar-refractivity contribution in [3.05, 3.63) is 125 Å². The van der Waals surface area contributed by atoms with E-state index in [4.69, 9.17) is 21.1 Å². The first-order chi connectivity index (χ1) is 21.6. The summed E-state index contributed by atoms with van der Waals surface area (Å²) in [6.07, 6.45) is 3.58. The smallest absolute Gasteiger partial charge is 0.255 e. The number of carbonyl (C=O) groups is 1. The van der Waals surface area contributed by atoms with Gasteiger partial charge < -0.3 is 19.9 Å². The lowest BCUT2D eigenvalue weighted by Gasteiger charge is -2.43. The Kier molecular flexibility index (Phi) is 8.65. The van der Waals surface area contributed by atoms with Gasteiger partial charge in [0.1, 0.15) is 29.9 Å². The molecule has 11 heteroatoms. The fraction of sp³-hybridized carbons (Fsp3) is 0.265. The van der Waals surface area contributed by atoms with Gasteiger partial charge in [-0.15, -0.1) is 0 Å². The normalized spacial score (nSPS) is 16.6. The molecule has 5 aromatic rings. The van der Waals surface area contributed by atoms with Gasteiger partial charge >= 0.3 is 0 Å². The summed E-state index contributed by atoms with van der Waals surface area (Å²) in [5, 5.41) is 21.4. The number of ether oxygens (including phenoxy) is 2. The van der Waals surface area contributed by atoms with Crippen molar-refractivity contribution in [1.29, 1.82) is 0 Å². The fourth-order valence-electron chi connectivity index (χ4n) is 5.82. The van der Waals surface area contributed by atoms with Crippen LogP contribution in [0.4, 0.5) is 14.5 Å². The van der Waals surface area contributed by atoms with Gasteiger partial charge in [0.2, 0.25) is 0 Å². The molecular weight excluding hydrogens is 602 g/mol. The van der Waals surface area contributed by atoms with Gasteiger partial charge in [0.25, 0.3) is 5.91 Å². The Hall–Kier alpha value is -4.22. The molecule has 2 heterocycles. The maximum atomic E-state index is 15.2. The van der Waals surface area contributed by atoms with E-state index in [1.54, 1.807) is 43.3 Å². The molecule has 0 radical (unpaired) electrons. The third-order valence-corrected chi connectivity index (χ3v) is 8.51. The number of halogens is 3. The summed E-state index contributed by atoms with van der Waals surface area (Å²) < 4.78 is 43.1. The molecule has 8 nitrogen and oxygen atoms in total. The van der Waals surface area contributed by atoms with Crippen molar-refractivity contribution in [3.8, 4) is 0 Å². The average molecular weight is 633 g/mol. The quantitative estimate of drug-likeness (QED) is 0.185. The predicted molar refractivity (Wildman–Crippen MR) is 166 cm³/mol. The number of hydrogen-bond acceptors (Lipinski definition) is 6. The summed E-state index contributed by atoms with van der Waals surface area (Å²) >= 11 is 5.95. The molecule has 0 spiro atoms. The Morgan fingerprint density at radius 3 is 2.49 bits per heavy atom. The van der Waals surface area contributed by atoms with Crippen LogP contribution in [0.2, 0.25) is 5.02 Å². The standard InChI is InChI=1S/C34H31ClF2N4O4/c1-22(33(43,19-41-21-38-20-39-41)30-12-9-28(36)17-31(30)37)18-34(44-13-2-14-45-34)26-6-5-23-15-25(4-3-24(23)16-26)32(42)40-29-10-7-27(35)8-11-29/h3-12,15-17,20-22,43H,2,13-14,18-19H2,1H3,(H,40,42)/t22?,33-/m0/s1. The third kappa shape index (κ3) is 6.46. The molecule has 0 saturated carbocycles. The van der Waals surface area contributed by atoms with Gasteiger partial charge in [0.15, 0.2) is 5.79 Å². The van der Waals surface area contributed by atoms with E-state index in [9.17, 15) is 14.3 Å². The Bertz CT molecular complexity index is 1810. The van der Waals surface area contributed by atoms with Gasteiger partial charge in [-0.3, -0.25) is 4.79 Å². The summed E-state index contributed by atoms with van der Waals surface area (Å²) in [5.74, 6) is -3.81. The molecule has 232 valence electrons. The lowest BCUT2D eigenvalue weighted by atomic mass is 9.77. The van der Waals surface area contributed by atoms with Crippen molar-refractivity contribution < 1.29 is 28.2 Å². The van der Waals surface area contributed by atoms with Crippen molar-refractivity contribution in [2.75, 3.05) is 18.5 Å². The maximum absolute atomic E-state index is 15.2. The fourth-order valence-corrected chi connectivity index (χ4v) is 5.94. The maximum Gasteiger partial charge on any atom is 0.255 e. The number of nitrogens with one attached hydrogen (secondary N) is 1. The van der Waals surface area contributed by atoms with Crippen LogP contribution in [0.25, 0.3) is 10.8 Å². The minimum atomic E-state index is -1.83. The van der Waals surface area contributed by atoms with Crippen molar-refractivity contribution >= 4 is 34.0 Å². The van der Waals surface area contributed by atoms with Crippen molar-refractivity contribution in [1.82, 2.24) is 14.8 Å². The zero-order valence-electron chi connectivity index (χ0n) is 24.4. The summed E-state index contributed by atoms with van der Waals surface area (Å²) in [5.41, 5.74) is -0.0698. The van der Waals surface area contributed by atoms with Crippen LogP contribution in [-0.4, -0.2) is 39.0 Å². The molecule has 4 aromatic carbocycles. The number of hydrogen-bond donors (Lipinski definition) is 2. The number of benzene rings is 4. The van der Waals surface area contributed by atoms with Gasteiger partial charge in [-0.05, 0) is 71.6 Å². The molecule has 1 amide bonds. The van der Waals surface area contributed by atoms with E-state index >= 15 is 4.39 Å². The molecular formula is C34H31ClF2N4O4. The third-order valence-electron chi connectivity index (χ3n) is 8.26. The highest BCUT2D eigenvalue weighted by molar-refractivity contribution is 6.30. The number of amides is 1. The average Bonchev–Trinajstić information content (AvgIpc) is 3.54. The number of nitrogens with zero attached hydrogens (tertiary/aromatic N) is 3. The highest BCUT2D eigenvalue weighted by atomic mass is 35.5. The lowest BCUT2D eigenvalue weighted by molar-refractivity contribution is -0.291. The van der Waals surface area contributed by atoms with E-state index in [-0.39, 0.29) is 24.4 Å². The monoisotopic (exact) mass is 632 g/mol. The van der Waals surface area contributed by atoms with Gasteiger partial charge in [-0.25, -0.2) is 18.4 Å². The summed E-state index contributed by atoms with van der Waals surface area (Å²) in [6, 6.07) is 21.1. The van der Waals surface area contributed by atoms with E-state index in [0.29, 0.717) is 41.5 Å².